The summed E-state index contributed by atoms with van der Waals surface area (Å²) in [4.78, 5) is 49.2. The molecule has 0 radical (unpaired) electrons. The smallest absolute Gasteiger partial charge is 0.318 e. The molecule has 9 nitrogen and oxygen atoms in total. The Morgan fingerprint density at radius 3 is 2.67 bits per heavy atom. The molecule has 11 heteroatoms. The number of thioether (sulfide) groups is 1. The number of anilines is 1. The summed E-state index contributed by atoms with van der Waals surface area (Å²) in [5.74, 6) is 0.414. The molecule has 1 aliphatic heterocycles. The van der Waals surface area contributed by atoms with Gasteiger partial charge in [0, 0.05) is 54.9 Å². The highest BCUT2D eigenvalue weighted by atomic mass is 32.2. The van der Waals surface area contributed by atoms with Crippen molar-refractivity contribution in [2.75, 3.05) is 43.5 Å². The van der Waals surface area contributed by atoms with Crippen molar-refractivity contribution < 1.29 is 14.4 Å². The number of carbonyl (C=O) groups excluding carboxylic acids is 3. The number of fused-ring (bicyclic) bond motifs is 1. The van der Waals surface area contributed by atoms with Crippen molar-refractivity contribution in [1.82, 2.24) is 25.1 Å². The summed E-state index contributed by atoms with van der Waals surface area (Å²) in [6, 6.07) is 6.75. The summed E-state index contributed by atoms with van der Waals surface area (Å²) >= 11 is 2.95. The third kappa shape index (κ3) is 5.48. The summed E-state index contributed by atoms with van der Waals surface area (Å²) in [5, 5.41) is 8.80. The van der Waals surface area contributed by atoms with E-state index in [1.165, 1.54) is 11.3 Å². The molecule has 3 N–H and O–H groups in total. The van der Waals surface area contributed by atoms with Crippen LogP contribution in [0, 0.1) is 0 Å². The zero-order valence-corrected chi connectivity index (χ0v) is 19.9. The predicted molar refractivity (Wildman–Crippen MR) is 132 cm³/mol. The lowest BCUT2D eigenvalue weighted by molar-refractivity contribution is -0.118. The molecule has 1 unspecified atom stereocenters. The van der Waals surface area contributed by atoms with E-state index in [2.05, 4.69) is 20.6 Å². The third-order valence-electron chi connectivity index (χ3n) is 5.56. The van der Waals surface area contributed by atoms with Crippen molar-refractivity contribution in [3.05, 3.63) is 47.6 Å². The van der Waals surface area contributed by atoms with Crippen LogP contribution in [0.15, 0.2) is 42.0 Å². The molecule has 1 aliphatic rings. The van der Waals surface area contributed by atoms with Gasteiger partial charge in [-0.1, -0.05) is 18.2 Å². The lowest BCUT2D eigenvalue weighted by atomic mass is 10.1. The average molecular weight is 487 g/mol. The van der Waals surface area contributed by atoms with Gasteiger partial charge >= 0.3 is 6.03 Å². The fourth-order valence-electron chi connectivity index (χ4n) is 3.75. The van der Waals surface area contributed by atoms with E-state index in [4.69, 9.17) is 0 Å². The second-order valence-corrected chi connectivity index (χ2v) is 9.52. The van der Waals surface area contributed by atoms with E-state index >= 15 is 0 Å². The van der Waals surface area contributed by atoms with Crippen molar-refractivity contribution in [2.45, 2.75) is 12.5 Å². The first kappa shape index (κ1) is 23.1. The first-order valence-electron chi connectivity index (χ1n) is 10.7. The van der Waals surface area contributed by atoms with Gasteiger partial charge < -0.3 is 25.4 Å². The molecule has 174 valence electrons. The summed E-state index contributed by atoms with van der Waals surface area (Å²) in [5.41, 5.74) is 1.56. The number of urea groups is 1. The van der Waals surface area contributed by atoms with Gasteiger partial charge in [-0.2, -0.15) is 11.8 Å². The number of aromatic amines is 1. The zero-order chi connectivity index (χ0) is 23.2. The van der Waals surface area contributed by atoms with Gasteiger partial charge in [-0.3, -0.25) is 9.59 Å². The molecule has 0 saturated carbocycles. The molecule has 4 amide bonds. The van der Waals surface area contributed by atoms with Crippen molar-refractivity contribution in [1.29, 1.82) is 0 Å². The van der Waals surface area contributed by atoms with Gasteiger partial charge in [0.1, 0.15) is 6.04 Å². The van der Waals surface area contributed by atoms with E-state index in [1.54, 1.807) is 39.3 Å². The number of nitrogens with zero attached hydrogens (tertiary/aromatic N) is 3. The molecule has 3 aromatic rings. The monoisotopic (exact) mass is 486 g/mol. The maximum Gasteiger partial charge on any atom is 0.318 e. The van der Waals surface area contributed by atoms with Crippen LogP contribution in [0.2, 0.25) is 0 Å². The molecular formula is C22H26N6O3S2. The highest BCUT2D eigenvalue weighted by Gasteiger charge is 2.29. The van der Waals surface area contributed by atoms with Crippen molar-refractivity contribution in [3.8, 4) is 0 Å². The van der Waals surface area contributed by atoms with Crippen LogP contribution in [0.4, 0.5) is 9.93 Å². The Morgan fingerprint density at radius 2 is 1.94 bits per heavy atom. The first-order valence-corrected chi connectivity index (χ1v) is 12.9. The molecule has 2 aromatic heterocycles. The summed E-state index contributed by atoms with van der Waals surface area (Å²) in [6.45, 7) is 1.69. The summed E-state index contributed by atoms with van der Waals surface area (Å²) in [7, 11) is 0. The number of piperazine rings is 1. The molecule has 1 saturated heterocycles. The lowest BCUT2D eigenvalue weighted by Gasteiger charge is -2.35. The van der Waals surface area contributed by atoms with Gasteiger partial charge in [0.25, 0.3) is 5.91 Å². The number of H-pyrrole nitrogens is 1. The Labute approximate surface area is 199 Å². The number of hydrogen-bond acceptors (Lipinski definition) is 6. The minimum atomic E-state index is -0.653. The molecule has 1 fully saturated rings. The predicted octanol–water partition coefficient (Wildman–Crippen LogP) is 2.85. The number of rotatable bonds is 7. The summed E-state index contributed by atoms with van der Waals surface area (Å²) in [6.07, 6.45) is 5.83. The summed E-state index contributed by atoms with van der Waals surface area (Å²) < 4.78 is 0. The van der Waals surface area contributed by atoms with Crippen LogP contribution < -0.4 is 10.6 Å². The SMILES string of the molecule is CSCCC(NC(=O)N1CCN(C(=O)c2c[nH]c3ccccc23)CC1)C(=O)Nc1nccs1. The van der Waals surface area contributed by atoms with Crippen LogP contribution in [-0.4, -0.2) is 81.8 Å². The van der Waals surface area contributed by atoms with E-state index in [0.717, 1.165) is 16.7 Å². The number of para-hydroxylation sites is 1. The van der Waals surface area contributed by atoms with Gasteiger partial charge in [-0.05, 0) is 24.5 Å². The van der Waals surface area contributed by atoms with Gasteiger partial charge in [0.05, 0.1) is 5.56 Å². The van der Waals surface area contributed by atoms with Gasteiger partial charge in [-0.25, -0.2) is 9.78 Å². The van der Waals surface area contributed by atoms with Crippen LogP contribution in [0.25, 0.3) is 10.9 Å². The highest BCUT2D eigenvalue weighted by molar-refractivity contribution is 7.98. The largest absolute Gasteiger partial charge is 0.360 e. The second-order valence-electron chi connectivity index (χ2n) is 7.64. The second kappa shape index (κ2) is 10.7. The number of hydrogen-bond donors (Lipinski definition) is 3. The maximum atomic E-state index is 13.0. The van der Waals surface area contributed by atoms with Crippen LogP contribution in [0.3, 0.4) is 0 Å². The van der Waals surface area contributed by atoms with Crippen LogP contribution >= 0.6 is 23.1 Å². The van der Waals surface area contributed by atoms with Crippen LogP contribution in [-0.2, 0) is 4.79 Å². The fraction of sp³-hybridized carbons (Fsp3) is 0.364. The topological polar surface area (TPSA) is 110 Å². The number of thiazole rings is 1. The first-order chi connectivity index (χ1) is 16.1. The average Bonchev–Trinajstić information content (AvgIpc) is 3.51. The normalized spacial score (nSPS) is 14.8. The van der Waals surface area contributed by atoms with E-state index in [0.29, 0.717) is 43.3 Å². The number of aromatic nitrogens is 2. The highest BCUT2D eigenvalue weighted by Crippen LogP contribution is 2.20. The Kier molecular flexibility index (Phi) is 7.50. The van der Waals surface area contributed by atoms with Gasteiger partial charge in [-0.15, -0.1) is 11.3 Å². The van der Waals surface area contributed by atoms with E-state index in [-0.39, 0.29) is 17.8 Å². The molecule has 3 heterocycles. The molecule has 33 heavy (non-hydrogen) atoms. The quantitative estimate of drug-likeness (QED) is 0.476. The Hall–Kier alpha value is -3.05. The minimum Gasteiger partial charge on any atom is -0.360 e. The molecule has 1 atom stereocenters. The number of nitrogens with one attached hydrogen (secondary N) is 3. The molecule has 0 spiro atoms. The number of amides is 4. The van der Waals surface area contributed by atoms with E-state index in [1.807, 2.05) is 30.5 Å². The van der Waals surface area contributed by atoms with Crippen LogP contribution in [0.5, 0.6) is 0 Å². The number of benzene rings is 1. The molecule has 0 bridgehead atoms. The zero-order valence-electron chi connectivity index (χ0n) is 18.2. The minimum absolute atomic E-state index is 0.0480. The van der Waals surface area contributed by atoms with Crippen molar-refractivity contribution >= 4 is 57.0 Å². The molecule has 1 aromatic carbocycles. The lowest BCUT2D eigenvalue weighted by Crippen LogP contribution is -2.56. The maximum absolute atomic E-state index is 13.0. The van der Waals surface area contributed by atoms with Gasteiger partial charge in [0.2, 0.25) is 5.91 Å². The molecule has 0 aliphatic carbocycles. The number of carbonyl (C=O) groups is 3. The standard InChI is InChI=1S/C22H26N6O3S2/c1-32-12-6-18(19(29)26-21-23-7-13-33-21)25-22(31)28-10-8-27(9-11-28)20(30)16-14-24-17-5-3-2-4-15(16)17/h2-5,7,13-14,18,24H,6,8-12H2,1H3,(H,25,31)(H,23,26,29). The Morgan fingerprint density at radius 1 is 1.18 bits per heavy atom. The van der Waals surface area contributed by atoms with Crippen LogP contribution in [0.1, 0.15) is 16.8 Å². The van der Waals surface area contributed by atoms with Gasteiger partial charge in [0.15, 0.2) is 5.13 Å². The molecule has 4 rings (SSSR count). The van der Waals surface area contributed by atoms with Crippen molar-refractivity contribution in [2.24, 2.45) is 0 Å². The fourth-order valence-corrected chi connectivity index (χ4v) is 4.76. The molecular weight excluding hydrogens is 460 g/mol. The van der Waals surface area contributed by atoms with E-state index < -0.39 is 6.04 Å². The van der Waals surface area contributed by atoms with E-state index in [9.17, 15) is 14.4 Å². The Bertz CT molecular complexity index is 1110. The Balaban J connectivity index is 1.33. The van der Waals surface area contributed by atoms with Crippen molar-refractivity contribution in [3.63, 3.8) is 0 Å². The third-order valence-corrected chi connectivity index (χ3v) is 6.89.